The van der Waals surface area contributed by atoms with Crippen LogP contribution in [0.1, 0.15) is 16.2 Å². The molecule has 2 aromatic heterocycles. The molecule has 1 N–H and O–H groups in total. The molecule has 0 aliphatic carbocycles. The van der Waals surface area contributed by atoms with Crippen molar-refractivity contribution < 1.29 is 4.79 Å². The molecule has 1 amide bonds. The molecule has 0 bridgehead atoms. The van der Waals surface area contributed by atoms with Gasteiger partial charge in [-0.2, -0.15) is 5.10 Å². The Bertz CT molecular complexity index is 797. The Kier molecular flexibility index (Phi) is 3.12. The van der Waals surface area contributed by atoms with Gasteiger partial charge in [0, 0.05) is 11.8 Å². The topological polar surface area (TPSA) is 59.3 Å². The molecule has 2 heterocycles. The highest BCUT2D eigenvalue weighted by Crippen LogP contribution is 2.21. The summed E-state index contributed by atoms with van der Waals surface area (Å²) in [6.45, 7) is 1.87. The van der Waals surface area contributed by atoms with Crippen LogP contribution in [0.5, 0.6) is 0 Å². The Balaban J connectivity index is 1.95. The van der Waals surface area contributed by atoms with E-state index in [1.54, 1.807) is 47.1 Å². The lowest BCUT2D eigenvalue weighted by Gasteiger charge is -2.07. The Morgan fingerprint density at radius 3 is 2.90 bits per heavy atom. The molecule has 0 saturated heterocycles. The highest BCUT2D eigenvalue weighted by atomic mass is 35.5. The van der Waals surface area contributed by atoms with E-state index < -0.39 is 0 Å². The van der Waals surface area contributed by atoms with Gasteiger partial charge in [0.05, 0.1) is 16.9 Å². The molecule has 0 saturated carbocycles. The molecule has 20 heavy (non-hydrogen) atoms. The minimum Gasteiger partial charge on any atom is -0.319 e. The van der Waals surface area contributed by atoms with Crippen molar-refractivity contribution in [2.75, 3.05) is 5.32 Å². The van der Waals surface area contributed by atoms with Crippen molar-refractivity contribution in [1.82, 2.24) is 14.6 Å². The second-order valence-electron chi connectivity index (χ2n) is 4.32. The van der Waals surface area contributed by atoms with Crippen LogP contribution < -0.4 is 5.32 Å². The molecule has 0 unspecified atom stereocenters. The average molecular weight is 287 g/mol. The zero-order valence-corrected chi connectivity index (χ0v) is 11.4. The van der Waals surface area contributed by atoms with Crippen molar-refractivity contribution in [2.45, 2.75) is 6.92 Å². The lowest BCUT2D eigenvalue weighted by atomic mass is 10.3. The minimum absolute atomic E-state index is 0.301. The van der Waals surface area contributed by atoms with Crippen molar-refractivity contribution in [3.05, 3.63) is 59.0 Å². The van der Waals surface area contributed by atoms with Crippen LogP contribution in [0.25, 0.3) is 5.65 Å². The lowest BCUT2D eigenvalue weighted by molar-refractivity contribution is 0.102. The first-order valence-electron chi connectivity index (χ1n) is 6.02. The molecule has 3 rings (SSSR count). The van der Waals surface area contributed by atoms with Gasteiger partial charge in [0.25, 0.3) is 5.91 Å². The van der Waals surface area contributed by atoms with Gasteiger partial charge < -0.3 is 5.32 Å². The van der Waals surface area contributed by atoms with Gasteiger partial charge in [0.2, 0.25) is 0 Å². The summed E-state index contributed by atoms with van der Waals surface area (Å²) in [6.07, 6.45) is 1.64. The number of nitrogens with one attached hydrogen (secondary N) is 1. The third-order valence-electron chi connectivity index (χ3n) is 2.89. The molecule has 3 aromatic rings. The molecule has 0 spiro atoms. The number of rotatable bonds is 2. The third-order valence-corrected chi connectivity index (χ3v) is 3.22. The van der Waals surface area contributed by atoms with Crippen LogP contribution in [0.4, 0.5) is 5.69 Å². The molecule has 0 fully saturated rings. The predicted octanol–water partition coefficient (Wildman–Crippen LogP) is 2.94. The van der Waals surface area contributed by atoms with Crippen LogP contribution in [-0.4, -0.2) is 20.5 Å². The summed E-state index contributed by atoms with van der Waals surface area (Å²) < 4.78 is 1.67. The molecular weight excluding hydrogens is 276 g/mol. The summed E-state index contributed by atoms with van der Waals surface area (Å²) in [5.74, 6) is -0.301. The van der Waals surface area contributed by atoms with Crippen molar-refractivity contribution in [3.63, 3.8) is 0 Å². The fourth-order valence-corrected chi connectivity index (χ4v) is 2.12. The quantitative estimate of drug-likeness (QED) is 0.788. The molecule has 1 aromatic carbocycles. The number of halogens is 1. The number of anilines is 1. The summed E-state index contributed by atoms with van der Waals surface area (Å²) in [4.78, 5) is 16.5. The molecule has 0 atom stereocenters. The number of carbonyl (C=O) groups excluding carboxylic acids is 1. The van der Waals surface area contributed by atoms with Crippen LogP contribution in [0.15, 0.2) is 42.6 Å². The minimum atomic E-state index is -0.301. The van der Waals surface area contributed by atoms with Gasteiger partial charge in [-0.3, -0.25) is 4.79 Å². The second-order valence-corrected chi connectivity index (χ2v) is 4.73. The SMILES string of the molecule is Cc1cc(C(=O)Nc2ccccc2Cl)nc2ccnn12. The highest BCUT2D eigenvalue weighted by Gasteiger charge is 2.12. The summed E-state index contributed by atoms with van der Waals surface area (Å²) in [5, 5.41) is 7.35. The fraction of sp³-hybridized carbons (Fsp3) is 0.0714. The maximum absolute atomic E-state index is 12.2. The normalized spacial score (nSPS) is 10.7. The molecule has 6 heteroatoms. The van der Waals surface area contributed by atoms with Gasteiger partial charge in [0.15, 0.2) is 5.65 Å². The van der Waals surface area contributed by atoms with Crippen LogP contribution in [0.2, 0.25) is 5.02 Å². The highest BCUT2D eigenvalue weighted by molar-refractivity contribution is 6.33. The van der Waals surface area contributed by atoms with E-state index >= 15 is 0 Å². The van der Waals surface area contributed by atoms with Gasteiger partial charge in [0.1, 0.15) is 5.69 Å². The summed E-state index contributed by atoms with van der Waals surface area (Å²) in [5.41, 5.74) is 2.36. The number of fused-ring (bicyclic) bond motifs is 1. The number of aryl methyl sites for hydroxylation is 1. The van der Waals surface area contributed by atoms with E-state index in [4.69, 9.17) is 11.6 Å². The monoisotopic (exact) mass is 286 g/mol. The van der Waals surface area contributed by atoms with E-state index in [-0.39, 0.29) is 5.91 Å². The Hall–Kier alpha value is -2.40. The van der Waals surface area contributed by atoms with Crippen LogP contribution in [0, 0.1) is 6.92 Å². The molecule has 0 aliphatic rings. The van der Waals surface area contributed by atoms with E-state index in [9.17, 15) is 4.79 Å². The summed E-state index contributed by atoms with van der Waals surface area (Å²) in [7, 11) is 0. The maximum atomic E-state index is 12.2. The maximum Gasteiger partial charge on any atom is 0.274 e. The number of para-hydroxylation sites is 1. The zero-order valence-electron chi connectivity index (χ0n) is 10.7. The first-order chi connectivity index (χ1) is 9.65. The van der Waals surface area contributed by atoms with Crippen molar-refractivity contribution in [2.24, 2.45) is 0 Å². The zero-order chi connectivity index (χ0) is 14.1. The van der Waals surface area contributed by atoms with Crippen molar-refractivity contribution in [1.29, 1.82) is 0 Å². The van der Waals surface area contributed by atoms with Crippen molar-refractivity contribution >= 4 is 28.8 Å². The standard InChI is InChI=1S/C14H11ClN4O/c1-9-8-12(17-13-6-7-16-19(9)13)14(20)18-11-5-3-2-4-10(11)15/h2-8H,1H3,(H,18,20). The van der Waals surface area contributed by atoms with E-state index in [1.165, 1.54) is 0 Å². The Morgan fingerprint density at radius 1 is 1.30 bits per heavy atom. The van der Waals surface area contributed by atoms with E-state index in [0.717, 1.165) is 5.69 Å². The smallest absolute Gasteiger partial charge is 0.274 e. The molecule has 0 radical (unpaired) electrons. The van der Waals surface area contributed by atoms with Gasteiger partial charge >= 0.3 is 0 Å². The fourth-order valence-electron chi connectivity index (χ4n) is 1.93. The summed E-state index contributed by atoms with van der Waals surface area (Å²) >= 11 is 6.02. The molecular formula is C14H11ClN4O. The number of carbonyl (C=O) groups is 1. The number of hydrogen-bond donors (Lipinski definition) is 1. The largest absolute Gasteiger partial charge is 0.319 e. The van der Waals surface area contributed by atoms with Gasteiger partial charge in [-0.05, 0) is 25.1 Å². The molecule has 0 aliphatic heterocycles. The summed E-state index contributed by atoms with van der Waals surface area (Å²) in [6, 6.07) is 10.5. The molecule has 5 nitrogen and oxygen atoms in total. The number of amides is 1. The average Bonchev–Trinajstić information content (AvgIpc) is 2.90. The Labute approximate surface area is 120 Å². The number of hydrogen-bond acceptors (Lipinski definition) is 3. The van der Waals surface area contributed by atoms with E-state index in [0.29, 0.717) is 22.1 Å². The number of aromatic nitrogens is 3. The predicted molar refractivity (Wildman–Crippen MR) is 77.1 cm³/mol. The van der Waals surface area contributed by atoms with Crippen LogP contribution in [-0.2, 0) is 0 Å². The van der Waals surface area contributed by atoms with Gasteiger partial charge in [-0.1, -0.05) is 23.7 Å². The van der Waals surface area contributed by atoms with Crippen molar-refractivity contribution in [3.8, 4) is 0 Å². The second kappa shape index (κ2) is 4.94. The Morgan fingerprint density at radius 2 is 2.10 bits per heavy atom. The third kappa shape index (κ3) is 2.23. The van der Waals surface area contributed by atoms with E-state index in [2.05, 4.69) is 15.4 Å². The van der Waals surface area contributed by atoms with E-state index in [1.807, 2.05) is 6.92 Å². The first-order valence-corrected chi connectivity index (χ1v) is 6.40. The first kappa shape index (κ1) is 12.6. The number of nitrogens with zero attached hydrogens (tertiary/aromatic N) is 3. The lowest BCUT2D eigenvalue weighted by Crippen LogP contribution is -2.15. The number of benzene rings is 1. The van der Waals surface area contributed by atoms with Gasteiger partial charge in [-0.15, -0.1) is 0 Å². The molecule has 100 valence electrons. The van der Waals surface area contributed by atoms with Crippen LogP contribution in [0.3, 0.4) is 0 Å². The van der Waals surface area contributed by atoms with Crippen LogP contribution >= 0.6 is 11.6 Å². The van der Waals surface area contributed by atoms with Gasteiger partial charge in [-0.25, -0.2) is 9.50 Å².